The van der Waals surface area contributed by atoms with Crippen molar-refractivity contribution in [2.45, 2.75) is 12.8 Å². The first-order valence-corrected chi connectivity index (χ1v) is 6.34. The number of rotatable bonds is 7. The molecule has 0 aliphatic rings. The number of aldehydes is 1. The number of carbonyl (C=O) groups excluding carboxylic acids is 2. The molecule has 0 saturated heterocycles. The largest absolute Gasteiger partial charge is 0.469 e. The minimum atomic E-state index is -0.151. The van der Waals surface area contributed by atoms with Crippen molar-refractivity contribution in [1.82, 2.24) is 5.32 Å². The quantitative estimate of drug-likeness (QED) is 0.336. The van der Waals surface area contributed by atoms with Crippen LogP contribution in [0.25, 0.3) is 0 Å². The van der Waals surface area contributed by atoms with E-state index in [4.69, 9.17) is 10.5 Å². The lowest BCUT2D eigenvalue weighted by Gasteiger charge is -2.05. The third kappa shape index (κ3) is 5.51. The van der Waals surface area contributed by atoms with Gasteiger partial charge in [0.1, 0.15) is 6.29 Å². The van der Waals surface area contributed by atoms with E-state index < -0.39 is 0 Å². The summed E-state index contributed by atoms with van der Waals surface area (Å²) in [4.78, 5) is 26.2. The lowest BCUT2D eigenvalue weighted by atomic mass is 10.1. The molecule has 3 N–H and O–H groups in total. The van der Waals surface area contributed by atoms with E-state index in [1.165, 1.54) is 7.11 Å². The van der Waals surface area contributed by atoms with E-state index in [1.54, 1.807) is 24.3 Å². The van der Waals surface area contributed by atoms with Gasteiger partial charge in [-0.1, -0.05) is 12.1 Å². The average Bonchev–Trinajstić information content (AvgIpc) is 2.50. The van der Waals surface area contributed by atoms with E-state index in [1.807, 2.05) is 0 Å². The van der Waals surface area contributed by atoms with E-state index in [9.17, 15) is 9.59 Å². The molecule has 6 heteroatoms. The number of benzene rings is 1. The molecule has 0 aliphatic carbocycles. The smallest absolute Gasteiger partial charge is 0.281 e. The van der Waals surface area contributed by atoms with Gasteiger partial charge in [0.25, 0.3) is 11.9 Å². The van der Waals surface area contributed by atoms with Gasteiger partial charge in [-0.3, -0.25) is 9.59 Å². The van der Waals surface area contributed by atoms with Gasteiger partial charge >= 0.3 is 0 Å². The number of amides is 1. The van der Waals surface area contributed by atoms with Crippen LogP contribution in [-0.2, 0) is 4.74 Å². The summed E-state index contributed by atoms with van der Waals surface area (Å²) in [5.74, 6) is -0.151. The monoisotopic (exact) mass is 277 g/mol. The summed E-state index contributed by atoms with van der Waals surface area (Å²) in [6.07, 6.45) is 2.36. The predicted molar refractivity (Wildman–Crippen MR) is 76.9 cm³/mol. The Kier molecular flexibility index (Phi) is 6.81. The molecule has 0 fully saturated rings. The minimum absolute atomic E-state index is 0.151. The zero-order chi connectivity index (χ0) is 14.8. The molecule has 0 spiro atoms. The fourth-order valence-corrected chi connectivity index (χ4v) is 1.51. The van der Waals surface area contributed by atoms with Crippen LogP contribution in [-0.4, -0.2) is 38.4 Å². The number of ether oxygens (including phenoxy) is 1. The lowest BCUT2D eigenvalue weighted by molar-refractivity contribution is 0.0952. The summed E-state index contributed by atoms with van der Waals surface area (Å²) >= 11 is 0. The van der Waals surface area contributed by atoms with Gasteiger partial charge in [0.15, 0.2) is 0 Å². The Hall–Kier alpha value is -2.37. The van der Waals surface area contributed by atoms with Gasteiger partial charge in [0.05, 0.1) is 7.11 Å². The highest BCUT2D eigenvalue weighted by Gasteiger charge is 2.04. The van der Waals surface area contributed by atoms with Gasteiger partial charge in [-0.25, -0.2) is 4.99 Å². The van der Waals surface area contributed by atoms with Crippen LogP contribution in [0.1, 0.15) is 33.6 Å². The number of amidine groups is 1. The van der Waals surface area contributed by atoms with Crippen LogP contribution in [0.2, 0.25) is 0 Å². The first kappa shape index (κ1) is 15.7. The molecule has 0 heterocycles. The Bertz CT molecular complexity index is 469. The van der Waals surface area contributed by atoms with Crippen LogP contribution in [0.15, 0.2) is 29.3 Å². The third-order valence-electron chi connectivity index (χ3n) is 2.66. The van der Waals surface area contributed by atoms with Gasteiger partial charge in [-0.15, -0.1) is 0 Å². The molecule has 0 aliphatic heterocycles. The molecule has 0 saturated carbocycles. The van der Waals surface area contributed by atoms with Crippen molar-refractivity contribution >= 4 is 18.2 Å². The molecular weight excluding hydrogens is 258 g/mol. The fourth-order valence-electron chi connectivity index (χ4n) is 1.51. The van der Waals surface area contributed by atoms with Gasteiger partial charge in [-0.05, 0) is 25.0 Å². The minimum Gasteiger partial charge on any atom is -0.469 e. The van der Waals surface area contributed by atoms with Crippen molar-refractivity contribution in [2.24, 2.45) is 10.7 Å². The number of nitrogens with zero attached hydrogens (tertiary/aromatic N) is 1. The lowest BCUT2D eigenvalue weighted by Crippen LogP contribution is -2.24. The zero-order valence-corrected chi connectivity index (χ0v) is 11.5. The molecule has 1 aromatic carbocycles. The average molecular weight is 277 g/mol. The highest BCUT2D eigenvalue weighted by molar-refractivity contribution is 5.94. The Balaban J connectivity index is 2.24. The van der Waals surface area contributed by atoms with Gasteiger partial charge in [0, 0.05) is 24.2 Å². The van der Waals surface area contributed by atoms with Crippen LogP contribution in [0.5, 0.6) is 0 Å². The highest BCUT2D eigenvalue weighted by Crippen LogP contribution is 2.02. The zero-order valence-electron chi connectivity index (χ0n) is 11.5. The maximum absolute atomic E-state index is 11.8. The van der Waals surface area contributed by atoms with E-state index in [2.05, 4.69) is 10.3 Å². The van der Waals surface area contributed by atoms with Crippen LogP contribution in [0.3, 0.4) is 0 Å². The molecule has 0 radical (unpaired) electrons. The number of hydrogen-bond acceptors (Lipinski definition) is 4. The van der Waals surface area contributed by atoms with E-state index >= 15 is 0 Å². The summed E-state index contributed by atoms with van der Waals surface area (Å²) in [6, 6.07) is 6.66. The molecule has 108 valence electrons. The number of unbranched alkanes of at least 4 members (excludes halogenated alkanes) is 1. The topological polar surface area (TPSA) is 93.8 Å². The number of aliphatic imine (C=N–C) groups is 1. The number of hydrogen-bond donors (Lipinski definition) is 2. The second-order valence-corrected chi connectivity index (χ2v) is 4.13. The molecule has 0 bridgehead atoms. The van der Waals surface area contributed by atoms with Crippen LogP contribution in [0, 0.1) is 0 Å². The first-order chi connectivity index (χ1) is 9.67. The molecular formula is C14H19N3O3. The second kappa shape index (κ2) is 8.68. The standard InChI is InChI=1S/C14H19N3O3/c1-20-14(15)17-9-3-2-8-16-13(19)12-6-4-11(10-18)5-7-12/h4-7,10H,2-3,8-9H2,1H3,(H2,15,17)(H,16,19). The molecule has 0 unspecified atom stereocenters. The molecule has 6 nitrogen and oxygen atoms in total. The molecule has 20 heavy (non-hydrogen) atoms. The van der Waals surface area contributed by atoms with Crippen molar-refractivity contribution in [2.75, 3.05) is 20.2 Å². The van der Waals surface area contributed by atoms with Gasteiger partial charge in [-0.2, -0.15) is 0 Å². The second-order valence-electron chi connectivity index (χ2n) is 4.13. The predicted octanol–water partition coefficient (Wildman–Crippen LogP) is 0.970. The summed E-state index contributed by atoms with van der Waals surface area (Å²) < 4.78 is 4.70. The molecule has 1 amide bonds. The van der Waals surface area contributed by atoms with Crippen molar-refractivity contribution < 1.29 is 14.3 Å². The summed E-state index contributed by atoms with van der Waals surface area (Å²) in [6.45, 7) is 1.14. The van der Waals surface area contributed by atoms with E-state index in [0.717, 1.165) is 19.1 Å². The Labute approximate surface area is 118 Å². The highest BCUT2D eigenvalue weighted by atomic mass is 16.5. The Morgan fingerprint density at radius 3 is 2.65 bits per heavy atom. The SMILES string of the molecule is COC(N)=NCCCCNC(=O)c1ccc(C=O)cc1. The van der Waals surface area contributed by atoms with Crippen LogP contribution >= 0.6 is 0 Å². The van der Waals surface area contributed by atoms with E-state index in [-0.39, 0.29) is 11.9 Å². The summed E-state index contributed by atoms with van der Waals surface area (Å²) in [5, 5.41) is 2.80. The van der Waals surface area contributed by atoms with Crippen molar-refractivity contribution in [3.63, 3.8) is 0 Å². The number of carbonyl (C=O) groups is 2. The maximum atomic E-state index is 11.8. The van der Waals surface area contributed by atoms with Gasteiger partial charge in [0.2, 0.25) is 0 Å². The third-order valence-corrected chi connectivity index (χ3v) is 2.66. The first-order valence-electron chi connectivity index (χ1n) is 6.34. The molecule has 1 aromatic rings. The van der Waals surface area contributed by atoms with Gasteiger partial charge < -0.3 is 15.8 Å². The normalized spacial score (nSPS) is 10.9. The maximum Gasteiger partial charge on any atom is 0.281 e. The summed E-state index contributed by atoms with van der Waals surface area (Å²) in [7, 11) is 1.47. The van der Waals surface area contributed by atoms with Crippen molar-refractivity contribution in [3.8, 4) is 0 Å². The van der Waals surface area contributed by atoms with Crippen molar-refractivity contribution in [3.05, 3.63) is 35.4 Å². The molecule has 0 aromatic heterocycles. The molecule has 1 rings (SSSR count). The van der Waals surface area contributed by atoms with Crippen molar-refractivity contribution in [1.29, 1.82) is 0 Å². The van der Waals surface area contributed by atoms with Crippen LogP contribution in [0.4, 0.5) is 0 Å². The number of nitrogens with one attached hydrogen (secondary N) is 1. The fraction of sp³-hybridized carbons (Fsp3) is 0.357. The Morgan fingerprint density at radius 2 is 2.05 bits per heavy atom. The van der Waals surface area contributed by atoms with Crippen LogP contribution < -0.4 is 11.1 Å². The number of methoxy groups -OCH3 is 1. The molecule has 0 atom stereocenters. The summed E-state index contributed by atoms with van der Waals surface area (Å²) in [5.41, 5.74) is 6.46. The Morgan fingerprint density at radius 1 is 1.35 bits per heavy atom. The number of nitrogens with two attached hydrogens (primary N) is 1. The van der Waals surface area contributed by atoms with E-state index in [0.29, 0.717) is 24.2 Å².